The summed E-state index contributed by atoms with van der Waals surface area (Å²) in [6.07, 6.45) is -4.57. The molecule has 1 aromatic heterocycles. The van der Waals surface area contributed by atoms with Gasteiger partial charge in [-0.2, -0.15) is 13.2 Å². The molecule has 1 aliphatic rings. The second-order valence-corrected chi connectivity index (χ2v) is 7.59. The van der Waals surface area contributed by atoms with Gasteiger partial charge < -0.3 is 19.5 Å². The second kappa shape index (κ2) is 8.66. The van der Waals surface area contributed by atoms with E-state index in [1.165, 1.54) is 16.7 Å². The van der Waals surface area contributed by atoms with Crippen molar-refractivity contribution in [2.75, 3.05) is 31.2 Å². The zero-order valence-electron chi connectivity index (χ0n) is 17.4. The number of ether oxygens (including phenoxy) is 1. The summed E-state index contributed by atoms with van der Waals surface area (Å²) in [5, 5.41) is 3.09. The van der Waals surface area contributed by atoms with Crippen LogP contribution in [0.4, 0.5) is 18.9 Å². The van der Waals surface area contributed by atoms with Gasteiger partial charge in [0.25, 0.3) is 11.5 Å². The van der Waals surface area contributed by atoms with Crippen LogP contribution in [-0.4, -0.2) is 36.8 Å². The van der Waals surface area contributed by atoms with Crippen LogP contribution in [0.2, 0.25) is 0 Å². The van der Waals surface area contributed by atoms with E-state index in [-0.39, 0.29) is 23.2 Å². The molecule has 6 nitrogen and oxygen atoms in total. The summed E-state index contributed by atoms with van der Waals surface area (Å²) in [6.45, 7) is 1.64. The zero-order chi connectivity index (χ0) is 22.9. The van der Waals surface area contributed by atoms with Crippen LogP contribution in [0.1, 0.15) is 21.5 Å². The molecular formula is C23H22F3N3O3. The van der Waals surface area contributed by atoms with E-state index in [1.54, 1.807) is 37.4 Å². The molecule has 4 rings (SSSR count). The van der Waals surface area contributed by atoms with Crippen molar-refractivity contribution in [2.45, 2.75) is 12.7 Å². The highest BCUT2D eigenvalue weighted by molar-refractivity contribution is 6.06. The van der Waals surface area contributed by atoms with Gasteiger partial charge in [-0.3, -0.25) is 9.59 Å². The van der Waals surface area contributed by atoms with Crippen molar-refractivity contribution >= 4 is 22.5 Å². The number of hydrogen-bond acceptors (Lipinski definition) is 4. The number of rotatable bonds is 4. The number of carbonyl (C=O) groups excluding carboxylic acids is 1. The number of anilines is 1. The van der Waals surface area contributed by atoms with E-state index in [2.05, 4.69) is 5.32 Å². The number of halogens is 3. The third kappa shape index (κ3) is 4.34. The molecule has 1 saturated heterocycles. The van der Waals surface area contributed by atoms with E-state index in [1.807, 2.05) is 4.90 Å². The van der Waals surface area contributed by atoms with Gasteiger partial charge in [0.2, 0.25) is 0 Å². The molecule has 1 amide bonds. The quantitative estimate of drug-likeness (QED) is 0.669. The number of carbonyl (C=O) groups is 1. The number of fused-ring (bicyclic) bond motifs is 1. The third-order valence-corrected chi connectivity index (χ3v) is 5.61. The van der Waals surface area contributed by atoms with Crippen LogP contribution in [0.3, 0.4) is 0 Å². The van der Waals surface area contributed by atoms with Crippen LogP contribution in [0.5, 0.6) is 0 Å². The van der Waals surface area contributed by atoms with Gasteiger partial charge in [-0.15, -0.1) is 0 Å². The fourth-order valence-electron chi connectivity index (χ4n) is 3.87. The van der Waals surface area contributed by atoms with Crippen LogP contribution < -0.4 is 15.8 Å². The van der Waals surface area contributed by atoms with E-state index in [4.69, 9.17) is 4.74 Å². The van der Waals surface area contributed by atoms with Gasteiger partial charge in [0.15, 0.2) is 0 Å². The predicted molar refractivity (Wildman–Crippen MR) is 115 cm³/mol. The number of aromatic nitrogens is 1. The Bertz CT molecular complexity index is 1210. The van der Waals surface area contributed by atoms with E-state index in [0.717, 1.165) is 6.07 Å². The van der Waals surface area contributed by atoms with Crippen LogP contribution in [0, 0.1) is 0 Å². The maximum Gasteiger partial charge on any atom is 0.416 e. The Balaban J connectivity index is 1.61. The number of para-hydroxylation sites is 1. The van der Waals surface area contributed by atoms with Gasteiger partial charge in [0, 0.05) is 43.8 Å². The molecule has 32 heavy (non-hydrogen) atoms. The SMILES string of the molecule is Cn1c(=O)cc(C(=O)NCc2ccc(N3CCOCC3)cc2C(F)(F)F)c2ccccc21. The molecule has 9 heteroatoms. The van der Waals surface area contributed by atoms with Crippen LogP contribution in [-0.2, 0) is 24.5 Å². The van der Waals surface area contributed by atoms with Crippen molar-refractivity contribution < 1.29 is 22.7 Å². The molecular weight excluding hydrogens is 423 g/mol. The van der Waals surface area contributed by atoms with Crippen molar-refractivity contribution in [3.63, 3.8) is 0 Å². The Labute approximate surface area is 182 Å². The fraction of sp³-hybridized carbons (Fsp3) is 0.304. The summed E-state index contributed by atoms with van der Waals surface area (Å²) >= 11 is 0. The van der Waals surface area contributed by atoms with E-state index in [0.29, 0.717) is 42.9 Å². The molecule has 1 fully saturated rings. The topological polar surface area (TPSA) is 63.6 Å². The summed E-state index contributed by atoms with van der Waals surface area (Å²) in [4.78, 5) is 26.9. The minimum Gasteiger partial charge on any atom is -0.378 e. The third-order valence-electron chi connectivity index (χ3n) is 5.61. The smallest absolute Gasteiger partial charge is 0.378 e. The molecule has 2 heterocycles. The summed E-state index contributed by atoms with van der Waals surface area (Å²) in [5.41, 5.74) is -0.0576. The van der Waals surface area contributed by atoms with E-state index in [9.17, 15) is 22.8 Å². The van der Waals surface area contributed by atoms with Crippen molar-refractivity contribution in [3.8, 4) is 0 Å². The molecule has 0 radical (unpaired) electrons. The van der Waals surface area contributed by atoms with Crippen molar-refractivity contribution in [2.24, 2.45) is 7.05 Å². The van der Waals surface area contributed by atoms with E-state index >= 15 is 0 Å². The van der Waals surface area contributed by atoms with E-state index < -0.39 is 17.6 Å². The highest BCUT2D eigenvalue weighted by atomic mass is 19.4. The summed E-state index contributed by atoms with van der Waals surface area (Å²) in [6, 6.07) is 12.2. The molecule has 3 aromatic rings. The van der Waals surface area contributed by atoms with Gasteiger partial charge in [-0.05, 0) is 23.8 Å². The standard InChI is InChI=1S/C23H22F3N3O3/c1-28-20-5-3-2-4-17(20)18(13-21(28)30)22(31)27-14-15-6-7-16(12-19(15)23(24,25)26)29-8-10-32-11-9-29/h2-7,12-13H,8-11,14H2,1H3,(H,27,31). The minimum absolute atomic E-state index is 0.0454. The van der Waals surface area contributed by atoms with Gasteiger partial charge in [0.05, 0.1) is 29.9 Å². The summed E-state index contributed by atoms with van der Waals surface area (Å²) in [7, 11) is 1.60. The number of alkyl halides is 3. The van der Waals surface area contributed by atoms with Gasteiger partial charge in [0.1, 0.15) is 0 Å². The van der Waals surface area contributed by atoms with Gasteiger partial charge >= 0.3 is 6.18 Å². The fourth-order valence-corrected chi connectivity index (χ4v) is 3.87. The molecule has 168 valence electrons. The van der Waals surface area contributed by atoms with Crippen LogP contribution >= 0.6 is 0 Å². The molecule has 0 atom stereocenters. The largest absolute Gasteiger partial charge is 0.416 e. The molecule has 0 bridgehead atoms. The normalized spacial score (nSPS) is 14.6. The molecule has 0 unspecified atom stereocenters. The number of hydrogen-bond donors (Lipinski definition) is 1. The summed E-state index contributed by atoms with van der Waals surface area (Å²) in [5.74, 6) is -0.607. The molecule has 1 aliphatic heterocycles. The first kappa shape index (κ1) is 21.9. The number of nitrogens with one attached hydrogen (secondary N) is 1. The Hall–Kier alpha value is -3.33. The molecule has 1 N–H and O–H groups in total. The van der Waals surface area contributed by atoms with Gasteiger partial charge in [-0.25, -0.2) is 0 Å². The number of aryl methyl sites for hydroxylation is 1. The lowest BCUT2D eigenvalue weighted by Crippen LogP contribution is -2.36. The Morgan fingerprint density at radius 2 is 1.81 bits per heavy atom. The molecule has 0 saturated carbocycles. The first-order chi connectivity index (χ1) is 15.3. The number of morpholine rings is 1. The first-order valence-corrected chi connectivity index (χ1v) is 10.2. The maximum absolute atomic E-state index is 13.7. The second-order valence-electron chi connectivity index (χ2n) is 7.59. The Morgan fingerprint density at radius 1 is 1.09 bits per heavy atom. The monoisotopic (exact) mass is 445 g/mol. The average Bonchev–Trinajstić information content (AvgIpc) is 2.79. The average molecular weight is 445 g/mol. The number of pyridine rings is 1. The molecule has 0 aliphatic carbocycles. The number of nitrogens with zero attached hydrogens (tertiary/aromatic N) is 2. The maximum atomic E-state index is 13.7. The molecule has 2 aromatic carbocycles. The highest BCUT2D eigenvalue weighted by Gasteiger charge is 2.34. The predicted octanol–water partition coefficient (Wildman–Crippen LogP) is 3.32. The minimum atomic E-state index is -4.57. The van der Waals surface area contributed by atoms with Crippen molar-refractivity contribution in [3.05, 3.63) is 75.6 Å². The van der Waals surface area contributed by atoms with Crippen molar-refractivity contribution in [1.82, 2.24) is 9.88 Å². The number of benzene rings is 2. The van der Waals surface area contributed by atoms with Crippen molar-refractivity contribution in [1.29, 1.82) is 0 Å². The highest BCUT2D eigenvalue weighted by Crippen LogP contribution is 2.35. The molecule has 0 spiro atoms. The number of amides is 1. The zero-order valence-corrected chi connectivity index (χ0v) is 17.4. The lowest BCUT2D eigenvalue weighted by atomic mass is 10.0. The first-order valence-electron chi connectivity index (χ1n) is 10.2. The van der Waals surface area contributed by atoms with Crippen LogP contribution in [0.15, 0.2) is 53.3 Å². The Morgan fingerprint density at radius 3 is 2.53 bits per heavy atom. The van der Waals surface area contributed by atoms with Gasteiger partial charge in [-0.1, -0.05) is 24.3 Å². The lowest BCUT2D eigenvalue weighted by molar-refractivity contribution is -0.138. The lowest BCUT2D eigenvalue weighted by Gasteiger charge is -2.29. The van der Waals surface area contributed by atoms with Crippen LogP contribution in [0.25, 0.3) is 10.9 Å². The Kier molecular flexibility index (Phi) is 5.92. The summed E-state index contributed by atoms with van der Waals surface area (Å²) < 4.78 is 47.9.